The summed E-state index contributed by atoms with van der Waals surface area (Å²) in [4.78, 5) is 24.4. The third-order valence-electron chi connectivity index (χ3n) is 3.61. The van der Waals surface area contributed by atoms with Crippen molar-refractivity contribution in [2.75, 3.05) is 10.6 Å². The molecule has 1 aliphatic rings. The van der Waals surface area contributed by atoms with E-state index in [0.717, 1.165) is 6.07 Å². The Kier molecular flexibility index (Phi) is 3.93. The molecule has 0 atom stereocenters. The highest BCUT2D eigenvalue weighted by molar-refractivity contribution is 6.34. The van der Waals surface area contributed by atoms with Gasteiger partial charge in [0.1, 0.15) is 17.3 Å². The summed E-state index contributed by atoms with van der Waals surface area (Å²) in [5, 5.41) is 5.26. The van der Waals surface area contributed by atoms with Crippen LogP contribution in [0.4, 0.5) is 15.8 Å². The van der Waals surface area contributed by atoms with Gasteiger partial charge in [-0.1, -0.05) is 23.7 Å². The van der Waals surface area contributed by atoms with Gasteiger partial charge in [0.2, 0.25) is 0 Å². The van der Waals surface area contributed by atoms with Gasteiger partial charge in [0, 0.05) is 0 Å². The molecule has 2 amide bonds. The van der Waals surface area contributed by atoms with Crippen LogP contribution in [-0.2, 0) is 4.79 Å². The molecular weight excluding hydrogens is 335 g/mol. The molecule has 2 aromatic carbocycles. The first-order valence-corrected chi connectivity index (χ1v) is 7.56. The summed E-state index contributed by atoms with van der Waals surface area (Å²) < 4.78 is 19.5. The van der Waals surface area contributed by atoms with Gasteiger partial charge in [0.25, 0.3) is 11.8 Å². The number of anilines is 2. The normalized spacial score (nSPS) is 15.1. The summed E-state index contributed by atoms with van der Waals surface area (Å²) in [6, 6.07) is 8.89. The molecule has 2 N–H and O–H groups in total. The number of nitrogens with one attached hydrogen (secondary N) is 2. The van der Waals surface area contributed by atoms with Crippen molar-refractivity contribution in [2.45, 2.75) is 19.4 Å². The number of carbonyl (C=O) groups excluding carboxylic acids is 2. The number of rotatable bonds is 2. The molecule has 0 spiro atoms. The fourth-order valence-corrected chi connectivity index (χ4v) is 2.58. The van der Waals surface area contributed by atoms with E-state index >= 15 is 0 Å². The van der Waals surface area contributed by atoms with E-state index in [0.29, 0.717) is 17.1 Å². The van der Waals surface area contributed by atoms with E-state index in [1.807, 2.05) is 0 Å². The fraction of sp³-hybridized carbons (Fsp3) is 0.176. The lowest BCUT2D eigenvalue weighted by Crippen LogP contribution is -2.45. The number of para-hydroxylation sites is 1. The van der Waals surface area contributed by atoms with Crippen LogP contribution in [0.15, 0.2) is 36.4 Å². The Bertz CT molecular complexity index is 831. The number of fused-ring (bicyclic) bond motifs is 1. The minimum Gasteiger partial charge on any atom is -0.476 e. The van der Waals surface area contributed by atoms with Gasteiger partial charge >= 0.3 is 0 Å². The summed E-state index contributed by atoms with van der Waals surface area (Å²) in [6.45, 7) is 3.27. The highest BCUT2D eigenvalue weighted by Gasteiger charge is 2.36. The Balaban J connectivity index is 1.95. The van der Waals surface area contributed by atoms with Crippen LogP contribution in [0.25, 0.3) is 0 Å². The van der Waals surface area contributed by atoms with Gasteiger partial charge in [-0.3, -0.25) is 9.59 Å². The number of amides is 2. The van der Waals surface area contributed by atoms with E-state index in [4.69, 9.17) is 16.3 Å². The number of ether oxygens (including phenoxy) is 1. The lowest BCUT2D eigenvalue weighted by molar-refractivity contribution is -0.129. The molecule has 7 heteroatoms. The monoisotopic (exact) mass is 348 g/mol. The molecule has 1 aliphatic heterocycles. The predicted octanol–water partition coefficient (Wildman–Crippen LogP) is 3.84. The van der Waals surface area contributed by atoms with Crippen molar-refractivity contribution in [1.82, 2.24) is 0 Å². The van der Waals surface area contributed by atoms with E-state index in [9.17, 15) is 14.0 Å². The quantitative estimate of drug-likeness (QED) is 0.866. The summed E-state index contributed by atoms with van der Waals surface area (Å²) in [5.41, 5.74) is -0.673. The van der Waals surface area contributed by atoms with E-state index in [1.54, 1.807) is 32.0 Å². The van der Waals surface area contributed by atoms with Crippen LogP contribution in [0.2, 0.25) is 5.02 Å². The molecule has 0 radical (unpaired) electrons. The van der Waals surface area contributed by atoms with Crippen LogP contribution in [0.3, 0.4) is 0 Å². The largest absolute Gasteiger partial charge is 0.476 e. The second-order valence-electron chi connectivity index (χ2n) is 5.80. The van der Waals surface area contributed by atoms with E-state index in [2.05, 4.69) is 10.6 Å². The van der Waals surface area contributed by atoms with Crippen LogP contribution in [-0.4, -0.2) is 17.4 Å². The van der Waals surface area contributed by atoms with Gasteiger partial charge in [-0.25, -0.2) is 4.39 Å². The van der Waals surface area contributed by atoms with Gasteiger partial charge < -0.3 is 15.4 Å². The zero-order valence-electron chi connectivity index (χ0n) is 12.9. The highest BCUT2D eigenvalue weighted by Crippen LogP contribution is 2.39. The Morgan fingerprint density at radius 1 is 1.25 bits per heavy atom. The fourth-order valence-electron chi connectivity index (χ4n) is 2.33. The lowest BCUT2D eigenvalue weighted by atomic mass is 10.1. The maximum Gasteiger partial charge on any atom is 0.268 e. The van der Waals surface area contributed by atoms with Crippen molar-refractivity contribution in [1.29, 1.82) is 0 Å². The van der Waals surface area contributed by atoms with Gasteiger partial charge in [0.05, 0.1) is 16.3 Å². The summed E-state index contributed by atoms with van der Waals surface area (Å²) in [5.74, 6) is -1.38. The van der Waals surface area contributed by atoms with Crippen LogP contribution >= 0.6 is 11.6 Å². The van der Waals surface area contributed by atoms with Crippen molar-refractivity contribution in [3.8, 4) is 5.75 Å². The Morgan fingerprint density at radius 2 is 1.96 bits per heavy atom. The van der Waals surface area contributed by atoms with Gasteiger partial charge in [-0.15, -0.1) is 0 Å². The molecule has 124 valence electrons. The number of hydrogen-bond acceptors (Lipinski definition) is 3. The molecule has 0 bridgehead atoms. The number of halogens is 2. The average molecular weight is 349 g/mol. The molecule has 24 heavy (non-hydrogen) atoms. The van der Waals surface area contributed by atoms with Crippen LogP contribution in [0.1, 0.15) is 24.2 Å². The minimum absolute atomic E-state index is 0.00119. The minimum atomic E-state index is -1.02. The van der Waals surface area contributed by atoms with Crippen molar-refractivity contribution < 1.29 is 18.7 Å². The molecule has 2 aromatic rings. The standard InChI is InChI=1S/C17H14ClFN2O3/c1-17(2)16(23)21-14-11(7-4-8-12(14)24-17)20-15(22)13-9(18)5-3-6-10(13)19/h3-8H,1-2H3,(H,20,22)(H,21,23). The molecule has 0 saturated heterocycles. The zero-order valence-corrected chi connectivity index (χ0v) is 13.7. The smallest absolute Gasteiger partial charge is 0.268 e. The van der Waals surface area contributed by atoms with Gasteiger partial charge in [0.15, 0.2) is 5.60 Å². The number of benzene rings is 2. The van der Waals surface area contributed by atoms with E-state index in [1.165, 1.54) is 12.1 Å². The molecule has 3 rings (SSSR count). The second-order valence-corrected chi connectivity index (χ2v) is 6.20. The maximum absolute atomic E-state index is 13.9. The predicted molar refractivity (Wildman–Crippen MR) is 89.1 cm³/mol. The van der Waals surface area contributed by atoms with Crippen molar-refractivity contribution in [3.63, 3.8) is 0 Å². The Labute approximate surface area is 142 Å². The van der Waals surface area contributed by atoms with Crippen LogP contribution < -0.4 is 15.4 Å². The first kappa shape index (κ1) is 16.3. The molecule has 0 saturated carbocycles. The third-order valence-corrected chi connectivity index (χ3v) is 3.93. The van der Waals surface area contributed by atoms with E-state index in [-0.39, 0.29) is 16.5 Å². The Hall–Kier alpha value is -2.60. The summed E-state index contributed by atoms with van der Waals surface area (Å²) in [6.07, 6.45) is 0. The topological polar surface area (TPSA) is 67.4 Å². The number of hydrogen-bond donors (Lipinski definition) is 2. The highest BCUT2D eigenvalue weighted by atomic mass is 35.5. The van der Waals surface area contributed by atoms with Crippen molar-refractivity contribution >= 4 is 34.8 Å². The first-order chi connectivity index (χ1) is 11.3. The van der Waals surface area contributed by atoms with Crippen LogP contribution in [0.5, 0.6) is 5.75 Å². The van der Waals surface area contributed by atoms with Crippen LogP contribution in [0, 0.1) is 5.82 Å². The van der Waals surface area contributed by atoms with Crippen molar-refractivity contribution in [3.05, 3.63) is 52.8 Å². The summed E-state index contributed by atoms with van der Waals surface area (Å²) >= 11 is 5.90. The first-order valence-electron chi connectivity index (χ1n) is 7.18. The molecular formula is C17H14ClFN2O3. The van der Waals surface area contributed by atoms with Crippen molar-refractivity contribution in [2.24, 2.45) is 0 Å². The molecule has 0 aliphatic carbocycles. The SMILES string of the molecule is CC1(C)Oc2cccc(NC(=O)c3c(F)cccc3Cl)c2NC1=O. The second kappa shape index (κ2) is 5.79. The maximum atomic E-state index is 13.9. The summed E-state index contributed by atoms with van der Waals surface area (Å²) in [7, 11) is 0. The molecule has 0 aromatic heterocycles. The van der Waals surface area contributed by atoms with E-state index < -0.39 is 17.3 Å². The Morgan fingerprint density at radius 3 is 2.67 bits per heavy atom. The molecule has 0 fully saturated rings. The van der Waals surface area contributed by atoms with Gasteiger partial charge in [-0.2, -0.15) is 0 Å². The number of carbonyl (C=O) groups is 2. The lowest BCUT2D eigenvalue weighted by Gasteiger charge is -2.32. The zero-order chi connectivity index (χ0) is 17.5. The molecule has 5 nitrogen and oxygen atoms in total. The molecule has 1 heterocycles. The van der Waals surface area contributed by atoms with Gasteiger partial charge in [-0.05, 0) is 38.1 Å². The third kappa shape index (κ3) is 2.80. The molecule has 0 unspecified atom stereocenters. The average Bonchev–Trinajstić information content (AvgIpc) is 2.48.